The molecule has 0 aliphatic carbocycles. The zero-order valence-electron chi connectivity index (χ0n) is 16.8. The molecule has 0 spiro atoms. The van der Waals surface area contributed by atoms with E-state index in [-0.39, 0.29) is 37.7 Å². The van der Waals surface area contributed by atoms with Gasteiger partial charge < -0.3 is 15.5 Å². The molecule has 0 aliphatic heterocycles. The highest BCUT2D eigenvalue weighted by Gasteiger charge is 2.35. The number of nitrogens with zero attached hydrogens (tertiary/aromatic N) is 3. The second-order valence-corrected chi connectivity index (χ2v) is 7.82. The SMILES string of the molecule is CCn1cc(C(=O)Nc2c(C(N)=O)sc3nc(C(F)(F)F)cc(-c4ccco4)c23)c(C)n1. The molecule has 2 amide bonds. The molecule has 3 N–H and O–H groups in total. The van der Waals surface area contributed by atoms with E-state index >= 15 is 0 Å². The topological polar surface area (TPSA) is 116 Å². The van der Waals surface area contributed by atoms with Gasteiger partial charge in [-0.3, -0.25) is 14.3 Å². The van der Waals surface area contributed by atoms with Gasteiger partial charge in [-0.1, -0.05) is 0 Å². The van der Waals surface area contributed by atoms with Gasteiger partial charge in [0.05, 0.1) is 23.2 Å². The average Bonchev–Trinajstić information content (AvgIpc) is 3.45. The summed E-state index contributed by atoms with van der Waals surface area (Å²) >= 11 is 0.662. The smallest absolute Gasteiger partial charge is 0.433 e. The van der Waals surface area contributed by atoms with Gasteiger partial charge in [-0.15, -0.1) is 11.3 Å². The number of carbonyl (C=O) groups excluding carboxylic acids is 2. The van der Waals surface area contributed by atoms with Gasteiger partial charge in [0.15, 0.2) is 0 Å². The minimum Gasteiger partial charge on any atom is -0.464 e. The van der Waals surface area contributed by atoms with Crippen molar-refractivity contribution in [3.05, 3.63) is 52.5 Å². The maximum absolute atomic E-state index is 13.5. The Labute approximate surface area is 182 Å². The Kier molecular flexibility index (Phi) is 5.25. The van der Waals surface area contributed by atoms with E-state index in [1.54, 1.807) is 11.6 Å². The number of nitrogens with one attached hydrogen (secondary N) is 1. The third-order valence-electron chi connectivity index (χ3n) is 4.72. The Morgan fingerprint density at radius 1 is 1.34 bits per heavy atom. The van der Waals surface area contributed by atoms with Crippen LogP contribution in [0, 0.1) is 6.92 Å². The number of rotatable bonds is 5. The number of hydrogen-bond donors (Lipinski definition) is 2. The van der Waals surface area contributed by atoms with Crippen LogP contribution in [-0.2, 0) is 12.7 Å². The Balaban J connectivity index is 1.95. The molecule has 32 heavy (non-hydrogen) atoms. The first kappa shape index (κ1) is 21.6. The van der Waals surface area contributed by atoms with Crippen LogP contribution in [0.3, 0.4) is 0 Å². The number of alkyl halides is 3. The summed E-state index contributed by atoms with van der Waals surface area (Å²) < 4.78 is 47.2. The molecule has 4 heterocycles. The molecule has 4 aromatic heterocycles. The molecule has 0 saturated heterocycles. The number of hydrogen-bond acceptors (Lipinski definition) is 6. The van der Waals surface area contributed by atoms with Crippen molar-refractivity contribution in [1.82, 2.24) is 14.8 Å². The minimum absolute atomic E-state index is 0.0207. The lowest BCUT2D eigenvalue weighted by Crippen LogP contribution is -2.17. The summed E-state index contributed by atoms with van der Waals surface area (Å²) in [6.07, 6.45) is -1.89. The van der Waals surface area contributed by atoms with Crippen LogP contribution in [0.5, 0.6) is 0 Å². The monoisotopic (exact) mass is 463 g/mol. The summed E-state index contributed by atoms with van der Waals surface area (Å²) in [6.45, 7) is 4.04. The number of carbonyl (C=O) groups is 2. The van der Waals surface area contributed by atoms with Crippen molar-refractivity contribution in [2.45, 2.75) is 26.6 Å². The molecule has 0 radical (unpaired) electrons. The molecule has 0 atom stereocenters. The molecule has 0 aliphatic rings. The fourth-order valence-electron chi connectivity index (χ4n) is 3.25. The summed E-state index contributed by atoms with van der Waals surface area (Å²) in [5.74, 6) is -1.39. The van der Waals surface area contributed by atoms with Crippen molar-refractivity contribution in [2.24, 2.45) is 5.73 Å². The number of aryl methyl sites for hydroxylation is 2. The fraction of sp³-hybridized carbons (Fsp3) is 0.200. The van der Waals surface area contributed by atoms with Crippen molar-refractivity contribution in [3.63, 3.8) is 0 Å². The minimum atomic E-state index is -4.73. The van der Waals surface area contributed by atoms with E-state index < -0.39 is 23.7 Å². The maximum atomic E-state index is 13.5. The predicted molar refractivity (Wildman–Crippen MR) is 111 cm³/mol. The lowest BCUT2D eigenvalue weighted by Gasteiger charge is -2.11. The largest absolute Gasteiger partial charge is 0.464 e. The first-order valence-electron chi connectivity index (χ1n) is 9.34. The van der Waals surface area contributed by atoms with Crippen molar-refractivity contribution < 1.29 is 27.2 Å². The quantitative estimate of drug-likeness (QED) is 0.454. The predicted octanol–water partition coefficient (Wildman–Crippen LogP) is 4.45. The van der Waals surface area contributed by atoms with Gasteiger partial charge in [-0.2, -0.15) is 18.3 Å². The highest BCUT2D eigenvalue weighted by atomic mass is 32.1. The number of nitrogens with two attached hydrogens (primary N) is 1. The van der Waals surface area contributed by atoms with E-state index in [0.717, 1.165) is 6.07 Å². The van der Waals surface area contributed by atoms with Crippen LogP contribution in [0.1, 0.15) is 38.3 Å². The van der Waals surface area contributed by atoms with Gasteiger partial charge in [-0.25, -0.2) is 4.98 Å². The zero-order chi connectivity index (χ0) is 23.2. The van der Waals surface area contributed by atoms with Crippen molar-refractivity contribution >= 4 is 39.1 Å². The van der Waals surface area contributed by atoms with E-state index in [1.165, 1.54) is 24.6 Å². The molecule has 8 nitrogen and oxygen atoms in total. The highest BCUT2D eigenvalue weighted by molar-refractivity contribution is 7.21. The number of halogens is 3. The van der Waals surface area contributed by atoms with Gasteiger partial charge >= 0.3 is 6.18 Å². The first-order valence-corrected chi connectivity index (χ1v) is 10.2. The standard InChI is InChI=1S/C20H16F3N5O3S/c1-3-28-8-11(9(2)27-28)18(30)26-15-14-10(12-5-4-6-31-12)7-13(20(21,22)23)25-19(14)32-16(15)17(24)29/h4-8H,3H2,1-2H3,(H2,24,29)(H,26,30). The van der Waals surface area contributed by atoms with E-state index in [1.807, 2.05) is 6.92 Å². The lowest BCUT2D eigenvalue weighted by atomic mass is 10.1. The molecule has 0 fully saturated rings. The number of thiophene rings is 1. The number of amides is 2. The van der Waals surface area contributed by atoms with E-state index in [0.29, 0.717) is 23.6 Å². The third-order valence-corrected chi connectivity index (χ3v) is 5.81. The summed E-state index contributed by atoms with van der Waals surface area (Å²) in [5, 5.41) is 6.96. The van der Waals surface area contributed by atoms with Crippen LogP contribution in [0.25, 0.3) is 21.5 Å². The van der Waals surface area contributed by atoms with Crippen LogP contribution in [-0.4, -0.2) is 26.6 Å². The second-order valence-electron chi connectivity index (χ2n) is 6.82. The Morgan fingerprint density at radius 3 is 2.66 bits per heavy atom. The number of anilines is 1. The maximum Gasteiger partial charge on any atom is 0.433 e. The number of fused-ring (bicyclic) bond motifs is 1. The lowest BCUT2D eigenvalue weighted by molar-refractivity contribution is -0.140. The van der Waals surface area contributed by atoms with Gasteiger partial charge in [0.2, 0.25) is 0 Å². The van der Waals surface area contributed by atoms with Crippen molar-refractivity contribution in [3.8, 4) is 11.3 Å². The molecule has 166 valence electrons. The summed E-state index contributed by atoms with van der Waals surface area (Å²) in [4.78, 5) is 28.5. The molecule has 4 aromatic rings. The molecule has 12 heteroatoms. The summed E-state index contributed by atoms with van der Waals surface area (Å²) in [6, 6.07) is 3.79. The molecule has 0 aromatic carbocycles. The Morgan fingerprint density at radius 2 is 2.09 bits per heavy atom. The van der Waals surface area contributed by atoms with Crippen LogP contribution < -0.4 is 11.1 Å². The Bertz CT molecular complexity index is 1340. The van der Waals surface area contributed by atoms with Gasteiger partial charge in [0.1, 0.15) is 21.2 Å². The highest BCUT2D eigenvalue weighted by Crippen LogP contribution is 2.43. The van der Waals surface area contributed by atoms with Gasteiger partial charge in [0.25, 0.3) is 11.8 Å². The molecular weight excluding hydrogens is 447 g/mol. The van der Waals surface area contributed by atoms with Gasteiger partial charge in [0, 0.05) is 23.7 Å². The molecule has 4 rings (SSSR count). The number of pyridine rings is 1. The van der Waals surface area contributed by atoms with E-state index in [2.05, 4.69) is 15.4 Å². The van der Waals surface area contributed by atoms with Crippen LogP contribution in [0.4, 0.5) is 18.9 Å². The normalized spacial score (nSPS) is 11.8. The average molecular weight is 463 g/mol. The molecular formula is C20H16F3N5O3S. The van der Waals surface area contributed by atoms with E-state index in [4.69, 9.17) is 10.2 Å². The summed E-state index contributed by atoms with van der Waals surface area (Å²) in [7, 11) is 0. The van der Waals surface area contributed by atoms with Crippen LogP contribution >= 0.6 is 11.3 Å². The molecule has 0 bridgehead atoms. The van der Waals surface area contributed by atoms with Crippen LogP contribution in [0.15, 0.2) is 35.1 Å². The first-order chi connectivity index (χ1) is 15.1. The number of primary amides is 1. The third kappa shape index (κ3) is 3.73. The zero-order valence-corrected chi connectivity index (χ0v) is 17.6. The number of furan rings is 1. The molecule has 0 unspecified atom stereocenters. The van der Waals surface area contributed by atoms with Gasteiger partial charge in [-0.05, 0) is 32.0 Å². The second kappa shape index (κ2) is 7.79. The van der Waals surface area contributed by atoms with E-state index in [9.17, 15) is 22.8 Å². The van der Waals surface area contributed by atoms with Crippen molar-refractivity contribution in [2.75, 3.05) is 5.32 Å². The summed E-state index contributed by atoms with van der Waals surface area (Å²) in [5.41, 5.74) is 5.01. The van der Waals surface area contributed by atoms with Crippen molar-refractivity contribution in [1.29, 1.82) is 0 Å². The van der Waals surface area contributed by atoms with Crippen LogP contribution in [0.2, 0.25) is 0 Å². The number of aromatic nitrogens is 3. The fourth-order valence-corrected chi connectivity index (χ4v) is 4.25. The Hall–Kier alpha value is -3.67. The molecule has 0 saturated carbocycles.